The van der Waals surface area contributed by atoms with E-state index in [1.54, 1.807) is 4.90 Å². The van der Waals surface area contributed by atoms with Gasteiger partial charge in [-0.3, -0.25) is 4.79 Å². The van der Waals surface area contributed by atoms with Crippen LogP contribution in [0.15, 0.2) is 30.5 Å². The number of likely N-dealkylation sites (tertiary alicyclic amines) is 1. The molecule has 4 rings (SSSR count). The lowest BCUT2D eigenvalue weighted by molar-refractivity contribution is -0.137. The molecule has 1 aromatic carbocycles. The predicted octanol–water partition coefficient (Wildman–Crippen LogP) is 3.12. The number of hydrogen-bond acceptors (Lipinski definition) is 5. The van der Waals surface area contributed by atoms with E-state index in [0.717, 1.165) is 25.0 Å². The fourth-order valence-electron chi connectivity index (χ4n) is 3.83. The number of hydrogen-bond donors (Lipinski definition) is 0. The number of rotatable bonds is 4. The maximum absolute atomic E-state index is 13.1. The van der Waals surface area contributed by atoms with Crippen molar-refractivity contribution in [2.24, 2.45) is 5.92 Å². The lowest BCUT2D eigenvalue weighted by atomic mass is 9.97. The Bertz CT molecular complexity index is 909. The van der Waals surface area contributed by atoms with E-state index in [0.29, 0.717) is 26.3 Å². The molecule has 162 valence electrons. The molecule has 3 heterocycles. The second kappa shape index (κ2) is 8.27. The molecular weight excluding hydrogens is 403 g/mol. The summed E-state index contributed by atoms with van der Waals surface area (Å²) in [6.45, 7) is 2.11. The van der Waals surface area contributed by atoms with E-state index in [1.165, 1.54) is 30.1 Å². The highest BCUT2D eigenvalue weighted by atomic mass is 19.4. The van der Waals surface area contributed by atoms with Crippen molar-refractivity contribution in [2.75, 3.05) is 33.4 Å². The Morgan fingerprint density at radius 1 is 1.27 bits per heavy atom. The highest BCUT2D eigenvalue weighted by Gasteiger charge is 2.35. The van der Waals surface area contributed by atoms with Gasteiger partial charge >= 0.3 is 6.18 Å². The van der Waals surface area contributed by atoms with Gasteiger partial charge in [0.2, 0.25) is 0 Å². The SMILES string of the molecule is COc1cn(-c2cccc(C(F)(F)F)c2)nc1C(=O)N1CCCC(C2OCCO2)C1. The molecule has 0 bridgehead atoms. The first kappa shape index (κ1) is 20.7. The second-order valence-corrected chi connectivity index (χ2v) is 7.30. The molecule has 30 heavy (non-hydrogen) atoms. The van der Waals surface area contributed by atoms with Gasteiger partial charge in [0.15, 0.2) is 17.7 Å². The number of amides is 1. The average Bonchev–Trinajstić information content (AvgIpc) is 3.43. The Labute approximate surface area is 171 Å². The molecule has 0 radical (unpaired) electrons. The summed E-state index contributed by atoms with van der Waals surface area (Å²) in [4.78, 5) is 14.8. The van der Waals surface area contributed by atoms with E-state index in [1.807, 2.05) is 0 Å². The molecule has 0 aliphatic carbocycles. The van der Waals surface area contributed by atoms with Gasteiger partial charge in [0.1, 0.15) is 0 Å². The zero-order valence-corrected chi connectivity index (χ0v) is 16.4. The quantitative estimate of drug-likeness (QED) is 0.753. The van der Waals surface area contributed by atoms with Gasteiger partial charge < -0.3 is 19.1 Å². The first-order valence-corrected chi connectivity index (χ1v) is 9.70. The summed E-state index contributed by atoms with van der Waals surface area (Å²) in [7, 11) is 1.39. The van der Waals surface area contributed by atoms with Crippen molar-refractivity contribution in [3.05, 3.63) is 41.7 Å². The molecule has 0 saturated carbocycles. The lowest BCUT2D eigenvalue weighted by Crippen LogP contribution is -2.44. The fraction of sp³-hybridized carbons (Fsp3) is 0.500. The molecule has 0 spiro atoms. The number of halogens is 3. The van der Waals surface area contributed by atoms with Crippen LogP contribution in [0.25, 0.3) is 5.69 Å². The van der Waals surface area contributed by atoms with Crippen LogP contribution in [-0.2, 0) is 15.7 Å². The van der Waals surface area contributed by atoms with Crippen molar-refractivity contribution >= 4 is 5.91 Å². The molecule has 7 nitrogen and oxygen atoms in total. The second-order valence-electron chi connectivity index (χ2n) is 7.30. The predicted molar refractivity (Wildman–Crippen MR) is 99.4 cm³/mol. The molecule has 2 aliphatic heterocycles. The smallest absolute Gasteiger partial charge is 0.416 e. The molecule has 1 atom stereocenters. The van der Waals surface area contributed by atoms with Crippen LogP contribution in [-0.4, -0.2) is 60.3 Å². The molecule has 0 N–H and O–H groups in total. The third-order valence-corrected chi connectivity index (χ3v) is 5.32. The summed E-state index contributed by atoms with van der Waals surface area (Å²) in [5, 5.41) is 4.24. The van der Waals surface area contributed by atoms with E-state index < -0.39 is 11.7 Å². The third kappa shape index (κ3) is 4.15. The molecular formula is C20H22F3N3O4. The molecule has 10 heteroatoms. The number of piperidine rings is 1. The van der Waals surface area contributed by atoms with Crippen LogP contribution in [0.5, 0.6) is 5.75 Å². The molecule has 2 saturated heterocycles. The van der Waals surface area contributed by atoms with Crippen LogP contribution in [0.4, 0.5) is 13.2 Å². The van der Waals surface area contributed by atoms with Crippen molar-refractivity contribution in [2.45, 2.75) is 25.3 Å². The summed E-state index contributed by atoms with van der Waals surface area (Å²) in [6.07, 6.45) is -1.68. The van der Waals surface area contributed by atoms with Crippen LogP contribution in [0.3, 0.4) is 0 Å². The zero-order valence-electron chi connectivity index (χ0n) is 16.4. The van der Waals surface area contributed by atoms with Crippen LogP contribution in [0.1, 0.15) is 28.9 Å². The van der Waals surface area contributed by atoms with Crippen LogP contribution >= 0.6 is 0 Å². The van der Waals surface area contributed by atoms with Crippen molar-refractivity contribution in [1.29, 1.82) is 0 Å². The third-order valence-electron chi connectivity index (χ3n) is 5.32. The standard InChI is InChI=1S/C20H22F3N3O4/c1-28-16-12-26(15-6-2-5-14(10-15)20(21,22)23)24-17(16)18(27)25-7-3-4-13(11-25)19-29-8-9-30-19/h2,5-6,10,12-13,19H,3-4,7-9,11H2,1H3. The largest absolute Gasteiger partial charge is 0.493 e. The minimum atomic E-state index is -4.47. The Morgan fingerprint density at radius 3 is 2.73 bits per heavy atom. The molecule has 2 aromatic rings. The highest BCUT2D eigenvalue weighted by molar-refractivity contribution is 5.95. The molecule has 1 aromatic heterocycles. The number of carbonyl (C=O) groups excluding carboxylic acids is 1. The minimum absolute atomic E-state index is 0.0591. The van der Waals surface area contributed by atoms with Crippen molar-refractivity contribution in [1.82, 2.24) is 14.7 Å². The van der Waals surface area contributed by atoms with Crippen molar-refractivity contribution < 1.29 is 32.2 Å². The van der Waals surface area contributed by atoms with Gasteiger partial charge in [-0.25, -0.2) is 4.68 Å². The number of benzene rings is 1. The number of aromatic nitrogens is 2. The number of methoxy groups -OCH3 is 1. The van der Waals surface area contributed by atoms with Gasteiger partial charge in [-0.15, -0.1) is 0 Å². The minimum Gasteiger partial charge on any atom is -0.493 e. The Hall–Kier alpha value is -2.59. The van der Waals surface area contributed by atoms with Crippen LogP contribution < -0.4 is 4.74 Å². The van der Waals surface area contributed by atoms with Gasteiger partial charge in [-0.05, 0) is 31.0 Å². The molecule has 1 amide bonds. The van der Waals surface area contributed by atoms with Gasteiger partial charge in [-0.2, -0.15) is 18.3 Å². The normalized spacial score (nSPS) is 20.5. The summed E-state index contributed by atoms with van der Waals surface area (Å²) in [5.74, 6) is -0.0603. The Balaban J connectivity index is 1.57. The van der Waals surface area contributed by atoms with E-state index >= 15 is 0 Å². The average molecular weight is 425 g/mol. The first-order valence-electron chi connectivity index (χ1n) is 9.70. The molecule has 2 aliphatic rings. The maximum atomic E-state index is 13.1. The summed E-state index contributed by atoms with van der Waals surface area (Å²) in [6, 6.07) is 4.75. The topological polar surface area (TPSA) is 65.8 Å². The number of alkyl halides is 3. The van der Waals surface area contributed by atoms with Gasteiger partial charge in [0.05, 0.1) is 37.8 Å². The van der Waals surface area contributed by atoms with E-state index in [-0.39, 0.29) is 35.2 Å². The Morgan fingerprint density at radius 2 is 2.03 bits per heavy atom. The first-order chi connectivity index (χ1) is 14.4. The summed E-state index contributed by atoms with van der Waals surface area (Å²) in [5.41, 5.74) is -0.548. The van der Waals surface area contributed by atoms with E-state index in [2.05, 4.69) is 5.10 Å². The van der Waals surface area contributed by atoms with Gasteiger partial charge in [0.25, 0.3) is 5.91 Å². The zero-order chi connectivity index (χ0) is 21.3. The number of ether oxygens (including phenoxy) is 3. The van der Waals surface area contributed by atoms with Crippen molar-refractivity contribution in [3.63, 3.8) is 0 Å². The fourth-order valence-corrected chi connectivity index (χ4v) is 3.83. The lowest BCUT2D eigenvalue weighted by Gasteiger charge is -2.34. The van der Waals surface area contributed by atoms with Gasteiger partial charge in [0, 0.05) is 19.0 Å². The van der Waals surface area contributed by atoms with E-state index in [4.69, 9.17) is 14.2 Å². The monoisotopic (exact) mass is 425 g/mol. The highest BCUT2D eigenvalue weighted by Crippen LogP contribution is 2.31. The van der Waals surface area contributed by atoms with E-state index in [9.17, 15) is 18.0 Å². The maximum Gasteiger partial charge on any atom is 0.416 e. The number of carbonyl (C=O) groups is 1. The summed E-state index contributed by atoms with van der Waals surface area (Å²) < 4.78 is 56.8. The molecule has 2 fully saturated rings. The summed E-state index contributed by atoms with van der Waals surface area (Å²) >= 11 is 0. The number of nitrogens with zero attached hydrogens (tertiary/aromatic N) is 3. The van der Waals surface area contributed by atoms with Crippen molar-refractivity contribution in [3.8, 4) is 11.4 Å². The van der Waals surface area contributed by atoms with Gasteiger partial charge in [-0.1, -0.05) is 6.07 Å². The Kier molecular flexibility index (Phi) is 5.70. The van der Waals surface area contributed by atoms with Crippen LogP contribution in [0.2, 0.25) is 0 Å². The van der Waals surface area contributed by atoms with Crippen LogP contribution in [0, 0.1) is 5.92 Å². The molecule has 1 unspecified atom stereocenters.